The van der Waals surface area contributed by atoms with Crippen LogP contribution in [0.1, 0.15) is 34.4 Å². The van der Waals surface area contributed by atoms with Gasteiger partial charge in [-0.25, -0.2) is 0 Å². The number of thioether (sulfide) groups is 1. The van der Waals surface area contributed by atoms with Gasteiger partial charge in [-0.2, -0.15) is 0 Å². The molecule has 5 rings (SSSR count). The molecule has 0 saturated heterocycles. The molecule has 0 aromatic heterocycles. The van der Waals surface area contributed by atoms with Crippen molar-refractivity contribution in [2.75, 3.05) is 12.4 Å². The summed E-state index contributed by atoms with van der Waals surface area (Å²) in [7, 11) is 1.72. The molecule has 0 saturated carbocycles. The van der Waals surface area contributed by atoms with E-state index in [0.29, 0.717) is 33.9 Å². The number of nitrogens with one attached hydrogen (secondary N) is 2. The zero-order valence-corrected chi connectivity index (χ0v) is 26.0. The van der Waals surface area contributed by atoms with Crippen molar-refractivity contribution in [2.24, 2.45) is 0 Å². The van der Waals surface area contributed by atoms with E-state index in [9.17, 15) is 4.79 Å². The summed E-state index contributed by atoms with van der Waals surface area (Å²) in [5.74, 6) is -0.354. The number of fused-ring (bicyclic) bond motifs is 1. The Balaban J connectivity index is 1.43. The average molecular weight is 644 g/mol. The van der Waals surface area contributed by atoms with Crippen molar-refractivity contribution >= 4 is 82.7 Å². The summed E-state index contributed by atoms with van der Waals surface area (Å²) in [5.41, 5.74) is 4.82. The Kier molecular flexibility index (Phi) is 10.1. The predicted molar refractivity (Wildman–Crippen MR) is 175 cm³/mol. The highest BCUT2D eigenvalue weighted by molar-refractivity contribution is 7.99. The van der Waals surface area contributed by atoms with Crippen LogP contribution in [-0.4, -0.2) is 26.5 Å². The van der Waals surface area contributed by atoms with Crippen LogP contribution in [0.2, 0.25) is 20.1 Å². The van der Waals surface area contributed by atoms with Crippen LogP contribution >= 0.6 is 58.2 Å². The minimum Gasteiger partial charge on any atom is -0.468 e. The molecule has 4 nitrogen and oxygen atoms in total. The van der Waals surface area contributed by atoms with Gasteiger partial charge < -0.3 is 15.3 Å². The highest BCUT2D eigenvalue weighted by Crippen LogP contribution is 2.50. The van der Waals surface area contributed by atoms with Crippen molar-refractivity contribution in [3.63, 3.8) is 0 Å². The Morgan fingerprint density at radius 1 is 0.951 bits per heavy atom. The lowest BCUT2D eigenvalue weighted by Crippen LogP contribution is -2.45. The van der Waals surface area contributed by atoms with Crippen LogP contribution in [0.3, 0.4) is 0 Å². The van der Waals surface area contributed by atoms with Crippen molar-refractivity contribution in [1.82, 2.24) is 5.23 Å². The summed E-state index contributed by atoms with van der Waals surface area (Å²) in [6, 6.07) is 26.9. The standard InChI is InChI=1S/C31H27BCl4N2O2S/c1-40-31(39)27(38-32-30-23(35)11-6-12-24(30)36)16-18-13-14-25-20(15-18)28(41-19-7-3-2-4-8-19)17-26(37-25)29-21(33)9-5-10-22(29)34/h2-15,26-28,32,37-38H,16-17H2,1H3. The SMILES string of the molecule is COC(=O)C(Cc1ccc2c(c1)C(Sc1ccccc1)CC(c1c(Cl)cccc1Cl)N2)NBc1c(Cl)cccc1Cl. The molecular weight excluding hydrogens is 617 g/mol. The fourth-order valence-corrected chi connectivity index (χ4v) is 7.52. The molecule has 0 amide bonds. The number of esters is 1. The summed E-state index contributed by atoms with van der Waals surface area (Å²) in [6.07, 6.45) is 1.22. The summed E-state index contributed by atoms with van der Waals surface area (Å²) < 4.78 is 5.12. The number of carbonyl (C=O) groups is 1. The number of halogens is 4. The quantitative estimate of drug-likeness (QED) is 0.143. The smallest absolute Gasteiger partial charge is 0.322 e. The molecule has 4 aromatic rings. The van der Waals surface area contributed by atoms with E-state index in [4.69, 9.17) is 51.1 Å². The van der Waals surface area contributed by atoms with Gasteiger partial charge in [0.15, 0.2) is 0 Å². The van der Waals surface area contributed by atoms with Gasteiger partial charge in [-0.05, 0) is 71.9 Å². The molecule has 0 bridgehead atoms. The van der Waals surface area contributed by atoms with Crippen LogP contribution in [0.25, 0.3) is 0 Å². The maximum Gasteiger partial charge on any atom is 0.322 e. The van der Waals surface area contributed by atoms with Crippen molar-refractivity contribution in [2.45, 2.75) is 35.1 Å². The van der Waals surface area contributed by atoms with Gasteiger partial charge in [-0.1, -0.05) is 88.9 Å². The number of ether oxygens (including phenoxy) is 1. The zero-order valence-electron chi connectivity index (χ0n) is 22.2. The molecule has 0 fully saturated rings. The molecule has 3 atom stereocenters. The molecule has 0 aliphatic carbocycles. The van der Waals surface area contributed by atoms with Gasteiger partial charge >= 0.3 is 5.97 Å². The summed E-state index contributed by atoms with van der Waals surface area (Å²) in [4.78, 5) is 13.9. The molecule has 41 heavy (non-hydrogen) atoms. The van der Waals surface area contributed by atoms with E-state index in [1.54, 1.807) is 30.0 Å². The van der Waals surface area contributed by atoms with Gasteiger partial charge in [0, 0.05) is 41.5 Å². The first kappa shape index (κ1) is 30.2. The van der Waals surface area contributed by atoms with Crippen molar-refractivity contribution in [3.8, 4) is 0 Å². The lowest BCUT2D eigenvalue weighted by molar-refractivity contribution is -0.142. The van der Waals surface area contributed by atoms with Gasteiger partial charge in [0.2, 0.25) is 7.41 Å². The first-order valence-corrected chi connectivity index (χ1v) is 15.5. The Morgan fingerprint density at radius 2 is 1.61 bits per heavy atom. The minimum absolute atomic E-state index is 0.0550. The number of benzene rings is 4. The van der Waals surface area contributed by atoms with E-state index in [-0.39, 0.29) is 17.3 Å². The van der Waals surface area contributed by atoms with Crippen molar-refractivity contribution in [1.29, 1.82) is 0 Å². The van der Waals surface area contributed by atoms with Gasteiger partial charge in [-0.3, -0.25) is 4.79 Å². The van der Waals surface area contributed by atoms with Crippen LogP contribution in [0.15, 0.2) is 89.8 Å². The first-order chi connectivity index (χ1) is 19.8. The molecule has 210 valence electrons. The van der Waals surface area contributed by atoms with Gasteiger partial charge in [-0.15, -0.1) is 11.8 Å². The third kappa shape index (κ3) is 7.19. The minimum atomic E-state index is -0.586. The van der Waals surface area contributed by atoms with E-state index < -0.39 is 6.04 Å². The monoisotopic (exact) mass is 642 g/mol. The number of anilines is 1. The molecule has 1 aliphatic rings. The van der Waals surface area contributed by atoms with E-state index in [0.717, 1.165) is 34.3 Å². The van der Waals surface area contributed by atoms with Gasteiger partial charge in [0.05, 0.1) is 13.2 Å². The van der Waals surface area contributed by atoms with Crippen LogP contribution in [0, 0.1) is 0 Å². The fraction of sp³-hybridized carbons (Fsp3) is 0.194. The molecular formula is C31H27BCl4N2O2S. The predicted octanol–water partition coefficient (Wildman–Crippen LogP) is 8.04. The number of carbonyl (C=O) groups excluding carboxylic acids is 1. The number of methoxy groups -OCH3 is 1. The molecule has 10 heteroatoms. The fourth-order valence-electron chi connectivity index (χ4n) is 5.08. The molecule has 2 N–H and O–H groups in total. The summed E-state index contributed by atoms with van der Waals surface area (Å²) in [6.45, 7) is 0. The molecule has 3 unspecified atom stereocenters. The molecule has 0 radical (unpaired) electrons. The second-order valence-electron chi connectivity index (χ2n) is 9.77. The highest BCUT2D eigenvalue weighted by Gasteiger charge is 2.31. The largest absolute Gasteiger partial charge is 0.468 e. The normalized spacial score (nSPS) is 16.8. The third-order valence-corrected chi connectivity index (χ3v) is 9.77. The Labute approximate surface area is 265 Å². The van der Waals surface area contributed by atoms with Gasteiger partial charge in [0.1, 0.15) is 6.04 Å². The highest BCUT2D eigenvalue weighted by atomic mass is 35.5. The third-order valence-electron chi connectivity index (χ3n) is 7.12. The maximum atomic E-state index is 12.8. The lowest BCUT2D eigenvalue weighted by Gasteiger charge is -2.34. The maximum absolute atomic E-state index is 12.8. The Hall–Kier alpha value is -2.32. The Morgan fingerprint density at radius 3 is 2.27 bits per heavy atom. The summed E-state index contributed by atoms with van der Waals surface area (Å²) in [5, 5.41) is 9.46. The topological polar surface area (TPSA) is 50.4 Å². The second kappa shape index (κ2) is 13.8. The number of rotatable bonds is 9. The lowest BCUT2D eigenvalue weighted by atomic mass is 9.81. The van der Waals surface area contributed by atoms with Crippen LogP contribution in [0.4, 0.5) is 5.69 Å². The number of hydrogen-bond donors (Lipinski definition) is 2. The van der Waals surface area contributed by atoms with Crippen LogP contribution in [0.5, 0.6) is 0 Å². The molecule has 1 aliphatic heterocycles. The Bertz CT molecular complexity index is 1500. The summed E-state index contributed by atoms with van der Waals surface area (Å²) >= 11 is 27.8. The van der Waals surface area contributed by atoms with Crippen molar-refractivity contribution < 1.29 is 9.53 Å². The van der Waals surface area contributed by atoms with Crippen molar-refractivity contribution in [3.05, 3.63) is 122 Å². The van der Waals surface area contributed by atoms with Gasteiger partial charge in [0.25, 0.3) is 0 Å². The van der Waals surface area contributed by atoms with E-state index in [2.05, 4.69) is 34.8 Å². The van der Waals surface area contributed by atoms with E-state index >= 15 is 0 Å². The zero-order chi connectivity index (χ0) is 28.9. The average Bonchev–Trinajstić information content (AvgIpc) is 2.96. The first-order valence-electron chi connectivity index (χ1n) is 13.1. The second-order valence-corrected chi connectivity index (χ2v) is 12.7. The van der Waals surface area contributed by atoms with E-state index in [1.165, 1.54) is 12.0 Å². The molecule has 0 spiro atoms. The number of hydrogen-bond acceptors (Lipinski definition) is 5. The van der Waals surface area contributed by atoms with Crippen LogP contribution < -0.4 is 16.0 Å². The molecule has 4 aromatic carbocycles. The molecule has 1 heterocycles. The van der Waals surface area contributed by atoms with Crippen LogP contribution in [-0.2, 0) is 16.0 Å². The van der Waals surface area contributed by atoms with E-state index in [1.807, 2.05) is 42.5 Å².